The van der Waals surface area contributed by atoms with Gasteiger partial charge in [-0.25, -0.2) is 4.79 Å². The number of hydrogen-bond acceptors (Lipinski definition) is 4. The van der Waals surface area contributed by atoms with Crippen molar-refractivity contribution in [3.8, 4) is 0 Å². The summed E-state index contributed by atoms with van der Waals surface area (Å²) < 4.78 is 5.29. The largest absolute Gasteiger partial charge is 0.444 e. The van der Waals surface area contributed by atoms with Gasteiger partial charge in [0.05, 0.1) is 17.7 Å². The van der Waals surface area contributed by atoms with Crippen molar-refractivity contribution in [1.29, 1.82) is 0 Å². The van der Waals surface area contributed by atoms with E-state index in [4.69, 9.17) is 4.74 Å². The van der Waals surface area contributed by atoms with Gasteiger partial charge in [0.2, 0.25) is 0 Å². The second-order valence-electron chi connectivity index (χ2n) is 7.99. The topological polar surface area (TPSA) is 95.0 Å². The lowest BCUT2D eigenvalue weighted by Crippen LogP contribution is -2.54. The van der Waals surface area contributed by atoms with E-state index in [1.807, 2.05) is 55.4 Å². The van der Waals surface area contributed by atoms with Crippen LogP contribution in [0.25, 0.3) is 0 Å². The Hall–Kier alpha value is -1.50. The standard InChI is InChI=1S/C18H38N4O3/c1-9-18(24,10-2)13-21-14(19-11-3)20-12-17(7,8)22-15(23)25-16(4,5)6/h24H,9-13H2,1-8H3,(H,22,23)(H2,19,20,21). The van der Waals surface area contributed by atoms with Crippen molar-refractivity contribution < 1.29 is 14.6 Å². The Morgan fingerprint density at radius 1 is 1.04 bits per heavy atom. The predicted octanol–water partition coefficient (Wildman–Crippen LogP) is 2.40. The third-order valence-corrected chi connectivity index (χ3v) is 3.73. The molecule has 0 bridgehead atoms. The molecule has 1 amide bonds. The van der Waals surface area contributed by atoms with Crippen molar-refractivity contribution >= 4 is 12.1 Å². The van der Waals surface area contributed by atoms with Crippen LogP contribution in [0.5, 0.6) is 0 Å². The molecule has 0 fully saturated rings. The number of nitrogens with one attached hydrogen (secondary N) is 3. The van der Waals surface area contributed by atoms with Gasteiger partial charge < -0.3 is 25.8 Å². The number of hydrogen-bond donors (Lipinski definition) is 4. The van der Waals surface area contributed by atoms with Gasteiger partial charge in [-0.1, -0.05) is 13.8 Å². The summed E-state index contributed by atoms with van der Waals surface area (Å²) in [6, 6.07) is 0. The number of nitrogens with zero attached hydrogens (tertiary/aromatic N) is 1. The summed E-state index contributed by atoms with van der Waals surface area (Å²) in [5, 5.41) is 19.6. The van der Waals surface area contributed by atoms with Crippen LogP contribution in [0.2, 0.25) is 0 Å². The molecule has 148 valence electrons. The maximum atomic E-state index is 11.9. The molecule has 4 N–H and O–H groups in total. The Morgan fingerprint density at radius 2 is 1.60 bits per heavy atom. The molecule has 0 rings (SSSR count). The maximum Gasteiger partial charge on any atom is 0.408 e. The van der Waals surface area contributed by atoms with Crippen molar-refractivity contribution in [1.82, 2.24) is 16.0 Å². The summed E-state index contributed by atoms with van der Waals surface area (Å²) >= 11 is 0. The number of rotatable bonds is 8. The lowest BCUT2D eigenvalue weighted by molar-refractivity contribution is 0.0418. The van der Waals surface area contributed by atoms with Crippen molar-refractivity contribution in [3.63, 3.8) is 0 Å². The number of aliphatic hydroxyl groups is 1. The monoisotopic (exact) mass is 358 g/mol. The minimum absolute atomic E-state index is 0.329. The average molecular weight is 359 g/mol. The van der Waals surface area contributed by atoms with Crippen LogP contribution in [0.1, 0.15) is 68.2 Å². The highest BCUT2D eigenvalue weighted by molar-refractivity contribution is 5.80. The van der Waals surface area contributed by atoms with E-state index >= 15 is 0 Å². The van der Waals surface area contributed by atoms with Gasteiger partial charge in [-0.15, -0.1) is 0 Å². The van der Waals surface area contributed by atoms with Crippen molar-refractivity contribution in [2.24, 2.45) is 4.99 Å². The number of guanidine groups is 1. The molecule has 0 aromatic rings. The second kappa shape index (κ2) is 9.85. The molecular formula is C18H38N4O3. The van der Waals surface area contributed by atoms with E-state index in [0.29, 0.717) is 38.4 Å². The Labute approximate surface area is 153 Å². The van der Waals surface area contributed by atoms with Crippen LogP contribution in [0.4, 0.5) is 4.79 Å². The quantitative estimate of drug-likeness (QED) is 0.395. The van der Waals surface area contributed by atoms with Crippen molar-refractivity contribution in [2.75, 3.05) is 19.6 Å². The zero-order chi connectivity index (χ0) is 19.7. The number of amides is 1. The van der Waals surface area contributed by atoms with Crippen LogP contribution >= 0.6 is 0 Å². The summed E-state index contributed by atoms with van der Waals surface area (Å²) in [6.07, 6.45) is 0.850. The number of carbonyl (C=O) groups is 1. The molecule has 0 saturated heterocycles. The molecule has 0 radical (unpaired) electrons. The third-order valence-electron chi connectivity index (χ3n) is 3.73. The number of ether oxygens (including phenoxy) is 1. The minimum atomic E-state index is -0.785. The summed E-state index contributed by atoms with van der Waals surface area (Å²) in [4.78, 5) is 16.4. The van der Waals surface area contributed by atoms with E-state index in [1.165, 1.54) is 0 Å². The smallest absolute Gasteiger partial charge is 0.408 e. The highest BCUT2D eigenvalue weighted by atomic mass is 16.6. The average Bonchev–Trinajstić information content (AvgIpc) is 2.47. The fraction of sp³-hybridized carbons (Fsp3) is 0.889. The molecule has 0 unspecified atom stereocenters. The van der Waals surface area contributed by atoms with E-state index in [0.717, 1.165) is 0 Å². The normalized spacial score (nSPS) is 13.4. The van der Waals surface area contributed by atoms with Gasteiger partial charge >= 0.3 is 6.09 Å². The lowest BCUT2D eigenvalue weighted by Gasteiger charge is -2.29. The molecule has 0 aliphatic carbocycles. The second-order valence-corrected chi connectivity index (χ2v) is 7.99. The van der Waals surface area contributed by atoms with E-state index in [2.05, 4.69) is 20.9 Å². The first-order chi connectivity index (χ1) is 11.4. The van der Waals surface area contributed by atoms with Crippen molar-refractivity contribution in [3.05, 3.63) is 0 Å². The highest BCUT2D eigenvalue weighted by Crippen LogP contribution is 2.14. The minimum Gasteiger partial charge on any atom is -0.444 e. The fourth-order valence-electron chi connectivity index (χ4n) is 1.97. The Bertz CT molecular complexity index is 438. The van der Waals surface area contributed by atoms with Crippen LogP contribution in [0.3, 0.4) is 0 Å². The SMILES string of the molecule is CCNC(=NCC(O)(CC)CC)NCC(C)(C)NC(=O)OC(C)(C)C. The maximum absolute atomic E-state index is 11.9. The van der Waals surface area contributed by atoms with Gasteiger partial charge in [0.15, 0.2) is 5.96 Å². The van der Waals surface area contributed by atoms with Crippen LogP contribution in [-0.4, -0.2) is 53.5 Å². The molecule has 25 heavy (non-hydrogen) atoms. The lowest BCUT2D eigenvalue weighted by atomic mass is 9.98. The first-order valence-corrected chi connectivity index (χ1v) is 9.12. The molecule has 0 spiro atoms. The zero-order valence-electron chi connectivity index (χ0n) is 17.2. The van der Waals surface area contributed by atoms with E-state index in [-0.39, 0.29) is 0 Å². The van der Waals surface area contributed by atoms with Crippen LogP contribution in [0, 0.1) is 0 Å². The number of alkyl carbamates (subject to hydrolysis) is 1. The molecule has 0 heterocycles. The fourth-order valence-corrected chi connectivity index (χ4v) is 1.97. The molecular weight excluding hydrogens is 320 g/mol. The van der Waals surface area contributed by atoms with Gasteiger partial charge in [-0.05, 0) is 54.4 Å². The Balaban J connectivity index is 4.74. The van der Waals surface area contributed by atoms with Gasteiger partial charge in [-0.2, -0.15) is 0 Å². The molecule has 0 aliphatic rings. The Morgan fingerprint density at radius 3 is 2.04 bits per heavy atom. The Kier molecular flexibility index (Phi) is 9.26. The first kappa shape index (κ1) is 23.5. The highest BCUT2D eigenvalue weighted by Gasteiger charge is 2.25. The molecule has 0 saturated carbocycles. The van der Waals surface area contributed by atoms with Gasteiger partial charge in [0.1, 0.15) is 5.60 Å². The zero-order valence-corrected chi connectivity index (χ0v) is 17.2. The molecule has 0 atom stereocenters. The summed E-state index contributed by atoms with van der Waals surface area (Å²) in [5.41, 5.74) is -1.84. The van der Waals surface area contributed by atoms with Gasteiger partial charge in [0, 0.05) is 13.1 Å². The molecule has 0 aliphatic heterocycles. The van der Waals surface area contributed by atoms with Crippen LogP contribution in [0.15, 0.2) is 4.99 Å². The molecule has 0 aromatic heterocycles. The van der Waals surface area contributed by atoms with Gasteiger partial charge in [0.25, 0.3) is 0 Å². The number of carbonyl (C=O) groups excluding carboxylic acids is 1. The predicted molar refractivity (Wildman–Crippen MR) is 103 cm³/mol. The third kappa shape index (κ3) is 10.9. The summed E-state index contributed by atoms with van der Waals surface area (Å²) in [7, 11) is 0. The molecule has 0 aromatic carbocycles. The van der Waals surface area contributed by atoms with Crippen molar-refractivity contribution in [2.45, 2.75) is 85.0 Å². The summed E-state index contributed by atoms with van der Waals surface area (Å²) in [5.74, 6) is 0.613. The molecule has 7 heteroatoms. The van der Waals surface area contributed by atoms with E-state index < -0.39 is 22.8 Å². The van der Waals surface area contributed by atoms with Gasteiger partial charge in [-0.3, -0.25) is 4.99 Å². The van der Waals surface area contributed by atoms with Crippen LogP contribution < -0.4 is 16.0 Å². The van der Waals surface area contributed by atoms with E-state index in [9.17, 15) is 9.90 Å². The number of aliphatic imine (C=N–C) groups is 1. The first-order valence-electron chi connectivity index (χ1n) is 9.12. The molecule has 7 nitrogen and oxygen atoms in total. The summed E-state index contributed by atoms with van der Waals surface area (Å²) in [6.45, 7) is 16.7. The van der Waals surface area contributed by atoms with E-state index in [1.54, 1.807) is 0 Å². The van der Waals surface area contributed by atoms with Crippen LogP contribution in [-0.2, 0) is 4.74 Å².